The van der Waals surface area contributed by atoms with E-state index in [1.165, 1.54) is 24.1 Å². The molecule has 0 bridgehead atoms. The summed E-state index contributed by atoms with van der Waals surface area (Å²) in [5.74, 6) is 1.98. The lowest BCUT2D eigenvalue weighted by atomic mass is 10.2. The topological polar surface area (TPSA) is 30.7 Å². The molecule has 0 saturated heterocycles. The molecule has 2 heterocycles. The molecule has 0 saturated carbocycles. The molecule has 2 aromatic rings. The van der Waals surface area contributed by atoms with E-state index in [0.717, 1.165) is 18.1 Å². The Morgan fingerprint density at radius 3 is 3.00 bits per heavy atom. The smallest absolute Gasteiger partial charge is 0.138 e. The monoisotopic (exact) mass is 199 g/mol. The van der Waals surface area contributed by atoms with Crippen molar-refractivity contribution in [2.24, 2.45) is 0 Å². The number of rotatable bonds is 1. The molecule has 0 radical (unpaired) electrons. The molecule has 1 aliphatic carbocycles. The normalized spacial score (nSPS) is 14.2. The third-order valence-corrected chi connectivity index (χ3v) is 2.99. The average Bonchev–Trinajstić information content (AvgIpc) is 2.84. The predicted octanol–water partition coefficient (Wildman–Crippen LogP) is 2.06. The van der Waals surface area contributed by atoms with Crippen molar-refractivity contribution >= 4 is 0 Å². The molecule has 0 spiro atoms. The molecule has 2 aromatic heterocycles. The van der Waals surface area contributed by atoms with Crippen LogP contribution in [0.15, 0.2) is 24.5 Å². The summed E-state index contributed by atoms with van der Waals surface area (Å²) in [6.45, 7) is 1.99. The van der Waals surface area contributed by atoms with Gasteiger partial charge in [-0.25, -0.2) is 9.97 Å². The fourth-order valence-electron chi connectivity index (χ4n) is 2.16. The molecular formula is C12H13N3. The van der Waals surface area contributed by atoms with Gasteiger partial charge in [-0.3, -0.25) is 4.57 Å². The Bertz CT molecular complexity index is 499. The molecule has 0 amide bonds. The molecular weight excluding hydrogens is 186 g/mol. The fourth-order valence-corrected chi connectivity index (χ4v) is 2.16. The first kappa shape index (κ1) is 8.65. The number of aryl methyl sites for hydroxylation is 3. The van der Waals surface area contributed by atoms with Gasteiger partial charge in [-0.15, -0.1) is 0 Å². The van der Waals surface area contributed by atoms with Crippen LogP contribution < -0.4 is 0 Å². The van der Waals surface area contributed by atoms with Crippen molar-refractivity contribution in [2.75, 3.05) is 0 Å². The minimum atomic E-state index is 0.987. The second-order valence-electron chi connectivity index (χ2n) is 3.97. The quantitative estimate of drug-likeness (QED) is 0.704. The van der Waals surface area contributed by atoms with Crippen molar-refractivity contribution in [1.82, 2.24) is 14.5 Å². The first-order valence-corrected chi connectivity index (χ1v) is 5.34. The third-order valence-electron chi connectivity index (χ3n) is 2.99. The van der Waals surface area contributed by atoms with Crippen LogP contribution in [0.4, 0.5) is 0 Å². The second kappa shape index (κ2) is 3.19. The van der Waals surface area contributed by atoms with Gasteiger partial charge in [-0.2, -0.15) is 0 Å². The van der Waals surface area contributed by atoms with E-state index in [1.807, 2.05) is 23.9 Å². The van der Waals surface area contributed by atoms with Gasteiger partial charge in [0.2, 0.25) is 0 Å². The lowest BCUT2D eigenvalue weighted by molar-refractivity contribution is 0.882. The molecule has 3 rings (SSSR count). The molecule has 0 aliphatic heterocycles. The van der Waals surface area contributed by atoms with Crippen LogP contribution in [0.2, 0.25) is 0 Å². The van der Waals surface area contributed by atoms with Gasteiger partial charge in [0.05, 0.1) is 0 Å². The molecule has 0 unspecified atom stereocenters. The molecule has 76 valence electrons. The second-order valence-corrected chi connectivity index (χ2v) is 3.97. The van der Waals surface area contributed by atoms with Crippen molar-refractivity contribution in [3.63, 3.8) is 0 Å². The minimum absolute atomic E-state index is 0.987. The van der Waals surface area contributed by atoms with E-state index >= 15 is 0 Å². The summed E-state index contributed by atoms with van der Waals surface area (Å²) >= 11 is 0. The predicted molar refractivity (Wildman–Crippen MR) is 58.1 cm³/mol. The van der Waals surface area contributed by atoms with Crippen LogP contribution in [0, 0.1) is 6.92 Å². The summed E-state index contributed by atoms with van der Waals surface area (Å²) in [5.41, 5.74) is 2.68. The highest BCUT2D eigenvalue weighted by Gasteiger charge is 2.13. The average molecular weight is 199 g/mol. The molecule has 1 aliphatic rings. The first-order valence-electron chi connectivity index (χ1n) is 5.34. The standard InChI is InChI=1S/C12H13N3/c1-9-13-7-8-15(9)12-6-5-10-3-2-4-11(10)14-12/h5-8H,2-4H2,1H3. The van der Waals surface area contributed by atoms with Crippen LogP contribution in [0.5, 0.6) is 0 Å². The summed E-state index contributed by atoms with van der Waals surface area (Å²) < 4.78 is 2.03. The highest BCUT2D eigenvalue weighted by Crippen LogP contribution is 2.21. The van der Waals surface area contributed by atoms with Crippen LogP contribution >= 0.6 is 0 Å². The Hall–Kier alpha value is -1.64. The maximum absolute atomic E-state index is 4.68. The number of aromatic nitrogens is 3. The number of nitrogens with zero attached hydrogens (tertiary/aromatic N) is 3. The maximum atomic E-state index is 4.68. The van der Waals surface area contributed by atoms with Crippen molar-refractivity contribution in [1.29, 1.82) is 0 Å². The SMILES string of the molecule is Cc1nccn1-c1ccc2c(n1)CCC2. The van der Waals surface area contributed by atoms with Gasteiger partial charge in [0, 0.05) is 18.1 Å². The Balaban J connectivity index is 2.11. The van der Waals surface area contributed by atoms with E-state index in [-0.39, 0.29) is 0 Å². The van der Waals surface area contributed by atoms with Gasteiger partial charge in [-0.1, -0.05) is 6.07 Å². The van der Waals surface area contributed by atoms with Crippen molar-refractivity contribution < 1.29 is 0 Å². The summed E-state index contributed by atoms with van der Waals surface area (Å²) in [5, 5.41) is 0. The van der Waals surface area contributed by atoms with Crippen LogP contribution in [-0.4, -0.2) is 14.5 Å². The highest BCUT2D eigenvalue weighted by molar-refractivity contribution is 5.34. The minimum Gasteiger partial charge on any atom is -0.288 e. The van der Waals surface area contributed by atoms with Crippen LogP contribution in [-0.2, 0) is 12.8 Å². The van der Waals surface area contributed by atoms with E-state index in [9.17, 15) is 0 Å². The van der Waals surface area contributed by atoms with E-state index in [0.29, 0.717) is 0 Å². The Kier molecular flexibility index (Phi) is 1.84. The molecule has 0 fully saturated rings. The first-order chi connectivity index (χ1) is 7.34. The Morgan fingerprint density at radius 2 is 2.20 bits per heavy atom. The molecule has 0 aromatic carbocycles. The van der Waals surface area contributed by atoms with E-state index in [1.54, 1.807) is 0 Å². The number of fused-ring (bicyclic) bond motifs is 1. The molecule has 15 heavy (non-hydrogen) atoms. The number of imidazole rings is 1. The third kappa shape index (κ3) is 1.35. The molecule has 3 nitrogen and oxygen atoms in total. The van der Waals surface area contributed by atoms with E-state index < -0.39 is 0 Å². The van der Waals surface area contributed by atoms with Gasteiger partial charge in [0.1, 0.15) is 11.6 Å². The molecule has 0 N–H and O–H groups in total. The summed E-state index contributed by atoms with van der Waals surface area (Å²) in [4.78, 5) is 8.89. The molecule has 3 heteroatoms. The number of pyridine rings is 1. The lowest BCUT2D eigenvalue weighted by Crippen LogP contribution is -2.01. The van der Waals surface area contributed by atoms with Crippen molar-refractivity contribution in [2.45, 2.75) is 26.2 Å². The van der Waals surface area contributed by atoms with Crippen LogP contribution in [0.25, 0.3) is 5.82 Å². The van der Waals surface area contributed by atoms with Gasteiger partial charge in [0.15, 0.2) is 0 Å². The zero-order chi connectivity index (χ0) is 10.3. The lowest BCUT2D eigenvalue weighted by Gasteiger charge is -2.06. The van der Waals surface area contributed by atoms with Gasteiger partial charge in [-0.05, 0) is 37.8 Å². The zero-order valence-corrected chi connectivity index (χ0v) is 8.77. The van der Waals surface area contributed by atoms with Gasteiger partial charge < -0.3 is 0 Å². The van der Waals surface area contributed by atoms with E-state index in [4.69, 9.17) is 0 Å². The van der Waals surface area contributed by atoms with E-state index in [2.05, 4.69) is 22.1 Å². The zero-order valence-electron chi connectivity index (χ0n) is 8.77. The summed E-state index contributed by atoms with van der Waals surface area (Å²) in [6.07, 6.45) is 7.32. The number of hydrogen-bond acceptors (Lipinski definition) is 2. The Morgan fingerprint density at radius 1 is 1.27 bits per heavy atom. The Labute approximate surface area is 88.8 Å². The van der Waals surface area contributed by atoms with Crippen molar-refractivity contribution in [3.05, 3.63) is 41.6 Å². The largest absolute Gasteiger partial charge is 0.288 e. The summed E-state index contributed by atoms with van der Waals surface area (Å²) in [6, 6.07) is 4.28. The molecule has 0 atom stereocenters. The fraction of sp³-hybridized carbons (Fsp3) is 0.333. The highest BCUT2D eigenvalue weighted by atomic mass is 15.1. The van der Waals surface area contributed by atoms with Gasteiger partial charge >= 0.3 is 0 Å². The maximum Gasteiger partial charge on any atom is 0.138 e. The van der Waals surface area contributed by atoms with Crippen molar-refractivity contribution in [3.8, 4) is 5.82 Å². The summed E-state index contributed by atoms with van der Waals surface area (Å²) in [7, 11) is 0. The van der Waals surface area contributed by atoms with Crippen LogP contribution in [0.1, 0.15) is 23.5 Å². The van der Waals surface area contributed by atoms with Crippen LogP contribution in [0.3, 0.4) is 0 Å². The number of hydrogen-bond donors (Lipinski definition) is 0. The van der Waals surface area contributed by atoms with Gasteiger partial charge in [0.25, 0.3) is 0 Å².